The van der Waals surface area contributed by atoms with Gasteiger partial charge in [0.1, 0.15) is 0 Å². The van der Waals surface area contributed by atoms with Crippen LogP contribution in [-0.4, -0.2) is 32.2 Å². The number of rotatable bonds is 6. The van der Waals surface area contributed by atoms with Crippen LogP contribution in [0.5, 0.6) is 0 Å². The minimum absolute atomic E-state index is 0.315. The van der Waals surface area contributed by atoms with Crippen molar-refractivity contribution in [2.75, 3.05) is 14.2 Å². The van der Waals surface area contributed by atoms with Gasteiger partial charge >= 0.3 is 0 Å². The molecule has 0 aromatic heterocycles. The Balaban J connectivity index is 3.85. The van der Waals surface area contributed by atoms with Crippen molar-refractivity contribution in [3.8, 4) is 0 Å². The van der Waals surface area contributed by atoms with Gasteiger partial charge in [-0.3, -0.25) is 0 Å². The molecule has 0 aliphatic rings. The van der Waals surface area contributed by atoms with Gasteiger partial charge in [-0.05, 0) is 33.7 Å². The lowest BCUT2D eigenvalue weighted by molar-refractivity contribution is 0.00435. The standard InChI is InChI=1S/C9H19F2NO/c1-9(2,13-4)6-5-7(12-3)8(10)11/h7-8,12H,5-6H2,1-4H3. The fraction of sp³-hybridized carbons (Fsp3) is 1.00. The predicted molar refractivity (Wildman–Crippen MR) is 49.2 cm³/mol. The molecule has 2 nitrogen and oxygen atoms in total. The van der Waals surface area contributed by atoms with Gasteiger partial charge in [0.25, 0.3) is 6.43 Å². The molecule has 0 saturated heterocycles. The molecule has 0 aromatic carbocycles. The molecule has 0 radical (unpaired) electrons. The van der Waals surface area contributed by atoms with Crippen LogP contribution in [0.4, 0.5) is 8.78 Å². The Morgan fingerprint density at radius 2 is 1.92 bits per heavy atom. The largest absolute Gasteiger partial charge is 0.379 e. The van der Waals surface area contributed by atoms with E-state index in [-0.39, 0.29) is 5.60 Å². The molecule has 0 aliphatic heterocycles. The van der Waals surface area contributed by atoms with Gasteiger partial charge in [-0.2, -0.15) is 0 Å². The summed E-state index contributed by atoms with van der Waals surface area (Å²) >= 11 is 0. The number of hydrogen-bond donors (Lipinski definition) is 1. The molecule has 13 heavy (non-hydrogen) atoms. The fourth-order valence-electron chi connectivity index (χ4n) is 1.00. The molecular formula is C9H19F2NO. The average Bonchev–Trinajstić information content (AvgIpc) is 2.05. The molecule has 0 fully saturated rings. The Labute approximate surface area is 78.7 Å². The molecule has 0 amide bonds. The normalized spacial score (nSPS) is 15.0. The molecule has 0 bridgehead atoms. The van der Waals surface area contributed by atoms with Crippen molar-refractivity contribution in [3.63, 3.8) is 0 Å². The maximum absolute atomic E-state index is 12.3. The number of hydrogen-bond acceptors (Lipinski definition) is 2. The van der Waals surface area contributed by atoms with Gasteiger partial charge in [0.2, 0.25) is 0 Å². The van der Waals surface area contributed by atoms with Crippen LogP contribution in [0.3, 0.4) is 0 Å². The lowest BCUT2D eigenvalue weighted by atomic mass is 9.99. The number of methoxy groups -OCH3 is 1. The zero-order chi connectivity index (χ0) is 10.5. The number of ether oxygens (including phenoxy) is 1. The van der Waals surface area contributed by atoms with E-state index in [1.807, 2.05) is 13.8 Å². The highest BCUT2D eigenvalue weighted by atomic mass is 19.3. The summed E-state index contributed by atoms with van der Waals surface area (Å²) in [7, 11) is 3.15. The van der Waals surface area contributed by atoms with Crippen molar-refractivity contribution in [1.29, 1.82) is 0 Å². The van der Waals surface area contributed by atoms with E-state index >= 15 is 0 Å². The van der Waals surface area contributed by atoms with Crippen molar-refractivity contribution in [3.05, 3.63) is 0 Å². The van der Waals surface area contributed by atoms with Crippen LogP contribution in [0.15, 0.2) is 0 Å². The Bertz CT molecular complexity index is 140. The highest BCUT2D eigenvalue weighted by molar-refractivity contribution is 4.74. The first-order chi connectivity index (χ1) is 5.93. The van der Waals surface area contributed by atoms with Crippen LogP contribution in [-0.2, 0) is 4.74 Å². The molecule has 0 rings (SSSR count). The van der Waals surface area contributed by atoms with E-state index in [0.717, 1.165) is 0 Å². The van der Waals surface area contributed by atoms with E-state index in [1.54, 1.807) is 14.2 Å². The summed E-state index contributed by atoms with van der Waals surface area (Å²) in [6, 6.07) is -0.727. The van der Waals surface area contributed by atoms with Gasteiger partial charge in [0.05, 0.1) is 11.6 Å². The molecule has 80 valence electrons. The summed E-state index contributed by atoms with van der Waals surface area (Å²) < 4.78 is 29.7. The van der Waals surface area contributed by atoms with E-state index in [2.05, 4.69) is 5.32 Å². The first-order valence-electron chi connectivity index (χ1n) is 4.43. The van der Waals surface area contributed by atoms with Crippen molar-refractivity contribution in [2.24, 2.45) is 0 Å². The molecular weight excluding hydrogens is 176 g/mol. The van der Waals surface area contributed by atoms with E-state index in [9.17, 15) is 8.78 Å². The summed E-state index contributed by atoms with van der Waals surface area (Å²) in [5.74, 6) is 0. The SMILES string of the molecule is CNC(CCC(C)(C)OC)C(F)F. The van der Waals surface area contributed by atoms with Gasteiger partial charge in [-0.25, -0.2) is 8.78 Å². The maximum Gasteiger partial charge on any atom is 0.253 e. The molecule has 0 saturated carbocycles. The van der Waals surface area contributed by atoms with E-state index in [1.165, 1.54) is 0 Å². The Morgan fingerprint density at radius 1 is 1.38 bits per heavy atom. The molecule has 0 heterocycles. The lowest BCUT2D eigenvalue weighted by Gasteiger charge is -2.25. The molecule has 0 spiro atoms. The molecule has 0 aromatic rings. The van der Waals surface area contributed by atoms with Gasteiger partial charge in [-0.15, -0.1) is 0 Å². The third-order valence-corrected chi connectivity index (χ3v) is 2.28. The zero-order valence-corrected chi connectivity index (χ0v) is 8.73. The van der Waals surface area contributed by atoms with Crippen LogP contribution in [0, 0.1) is 0 Å². The third kappa shape index (κ3) is 5.16. The summed E-state index contributed by atoms with van der Waals surface area (Å²) in [6.07, 6.45) is -1.26. The highest BCUT2D eigenvalue weighted by Crippen LogP contribution is 2.18. The van der Waals surface area contributed by atoms with Gasteiger partial charge in [0, 0.05) is 7.11 Å². The summed E-state index contributed by atoms with van der Waals surface area (Å²) in [6.45, 7) is 3.79. The third-order valence-electron chi connectivity index (χ3n) is 2.28. The smallest absolute Gasteiger partial charge is 0.253 e. The Hall–Kier alpha value is -0.220. The van der Waals surface area contributed by atoms with E-state index in [4.69, 9.17) is 4.74 Å². The molecule has 4 heteroatoms. The topological polar surface area (TPSA) is 21.3 Å². The molecule has 1 atom stereocenters. The van der Waals surface area contributed by atoms with Crippen LogP contribution in [0.25, 0.3) is 0 Å². The van der Waals surface area contributed by atoms with Crippen molar-refractivity contribution >= 4 is 0 Å². The quantitative estimate of drug-likeness (QED) is 0.700. The van der Waals surface area contributed by atoms with Crippen molar-refractivity contribution < 1.29 is 13.5 Å². The van der Waals surface area contributed by atoms with Crippen LogP contribution < -0.4 is 5.32 Å². The number of nitrogens with one attached hydrogen (secondary N) is 1. The first-order valence-corrected chi connectivity index (χ1v) is 4.43. The maximum atomic E-state index is 12.3. The molecule has 1 unspecified atom stereocenters. The Kier molecular flexibility index (Phi) is 5.40. The van der Waals surface area contributed by atoms with Crippen molar-refractivity contribution in [1.82, 2.24) is 5.32 Å². The number of alkyl halides is 2. The van der Waals surface area contributed by atoms with E-state index < -0.39 is 12.5 Å². The fourth-order valence-corrected chi connectivity index (χ4v) is 1.00. The second kappa shape index (κ2) is 5.50. The van der Waals surface area contributed by atoms with Crippen molar-refractivity contribution in [2.45, 2.75) is 44.8 Å². The summed E-state index contributed by atoms with van der Waals surface area (Å²) in [5.41, 5.74) is -0.315. The average molecular weight is 195 g/mol. The zero-order valence-electron chi connectivity index (χ0n) is 8.73. The van der Waals surface area contributed by atoms with E-state index in [0.29, 0.717) is 12.8 Å². The molecule has 1 N–H and O–H groups in total. The minimum Gasteiger partial charge on any atom is -0.379 e. The monoisotopic (exact) mass is 195 g/mol. The summed E-state index contributed by atoms with van der Waals surface area (Å²) in [5, 5.41) is 2.59. The Morgan fingerprint density at radius 3 is 2.23 bits per heavy atom. The van der Waals surface area contributed by atoms with Gasteiger partial charge in [0.15, 0.2) is 0 Å². The van der Waals surface area contributed by atoms with Crippen LogP contribution >= 0.6 is 0 Å². The first kappa shape index (κ1) is 12.8. The minimum atomic E-state index is -2.31. The highest BCUT2D eigenvalue weighted by Gasteiger charge is 2.23. The van der Waals surface area contributed by atoms with Gasteiger partial charge in [-0.1, -0.05) is 0 Å². The number of halogens is 2. The second-order valence-electron chi connectivity index (χ2n) is 3.73. The van der Waals surface area contributed by atoms with Gasteiger partial charge < -0.3 is 10.1 Å². The second-order valence-corrected chi connectivity index (χ2v) is 3.73. The van der Waals surface area contributed by atoms with Crippen LogP contribution in [0.1, 0.15) is 26.7 Å². The summed E-state index contributed by atoms with van der Waals surface area (Å²) in [4.78, 5) is 0. The molecule has 0 aliphatic carbocycles. The lowest BCUT2D eigenvalue weighted by Crippen LogP contribution is -2.35. The van der Waals surface area contributed by atoms with Crippen LogP contribution in [0.2, 0.25) is 0 Å². The predicted octanol–water partition coefficient (Wildman–Crippen LogP) is 2.04.